The average molecular weight is 578 g/mol. The van der Waals surface area contributed by atoms with Crippen molar-refractivity contribution in [1.29, 1.82) is 0 Å². The fourth-order valence-electron chi connectivity index (χ4n) is 5.43. The summed E-state index contributed by atoms with van der Waals surface area (Å²) in [5.41, 5.74) is 4.12. The lowest BCUT2D eigenvalue weighted by molar-refractivity contribution is -0.136. The number of halogens is 4. The zero-order valence-electron chi connectivity index (χ0n) is 21.4. The molecule has 1 spiro atoms. The summed E-state index contributed by atoms with van der Waals surface area (Å²) in [6, 6.07) is 16.5. The van der Waals surface area contributed by atoms with E-state index in [1.54, 1.807) is 0 Å². The lowest BCUT2D eigenvalue weighted by Gasteiger charge is -2.51. The van der Waals surface area contributed by atoms with Crippen LogP contribution in [0.3, 0.4) is 0 Å². The fourth-order valence-corrected chi connectivity index (χ4v) is 5.56. The van der Waals surface area contributed by atoms with E-state index in [2.05, 4.69) is 65.4 Å². The van der Waals surface area contributed by atoms with Gasteiger partial charge in [-0.2, -0.15) is 0 Å². The molecule has 0 unspecified atom stereocenters. The molecular weight excluding hydrogens is 538 g/mol. The molecule has 0 saturated carbocycles. The van der Waals surface area contributed by atoms with Crippen LogP contribution in [0.5, 0.6) is 0 Å². The Bertz CT molecular complexity index is 949. The third-order valence-corrected chi connectivity index (χ3v) is 7.72. The Balaban J connectivity index is 0.00000216. The minimum absolute atomic E-state index is 0. The first-order valence-corrected chi connectivity index (χ1v) is 12.5. The van der Waals surface area contributed by atoms with Crippen LogP contribution in [0.25, 0.3) is 0 Å². The van der Waals surface area contributed by atoms with Gasteiger partial charge in [-0.25, -0.2) is 0 Å². The van der Waals surface area contributed by atoms with Crippen LogP contribution in [0.1, 0.15) is 29.5 Å². The zero-order valence-corrected chi connectivity index (χ0v) is 24.6. The van der Waals surface area contributed by atoms with E-state index >= 15 is 0 Å². The van der Waals surface area contributed by atoms with Gasteiger partial charge in [0.1, 0.15) is 0 Å². The molecule has 2 aromatic rings. The molecule has 1 amide bonds. The maximum Gasteiger partial charge on any atom is 0.240 e. The normalized spacial score (nSPS) is 17.4. The Labute approximate surface area is 240 Å². The van der Waals surface area contributed by atoms with Crippen LogP contribution in [-0.2, 0) is 23.2 Å². The topological polar surface area (TPSA) is 38.8 Å². The van der Waals surface area contributed by atoms with Crippen LogP contribution in [0.2, 0.25) is 5.02 Å². The first-order chi connectivity index (χ1) is 15.9. The van der Waals surface area contributed by atoms with E-state index in [9.17, 15) is 4.79 Å². The van der Waals surface area contributed by atoms with Gasteiger partial charge in [0.05, 0.1) is 6.04 Å². The average Bonchev–Trinajstić information content (AvgIpc) is 2.82. The van der Waals surface area contributed by atoms with Crippen molar-refractivity contribution in [3.05, 3.63) is 70.2 Å². The highest BCUT2D eigenvalue weighted by Crippen LogP contribution is 2.42. The van der Waals surface area contributed by atoms with E-state index in [-0.39, 0.29) is 54.7 Å². The number of fused-ring (bicyclic) bond motifs is 2. The number of likely N-dealkylation sites (tertiary alicyclic amines) is 1. The van der Waals surface area contributed by atoms with Gasteiger partial charge in [-0.15, -0.1) is 37.2 Å². The number of nitrogens with one attached hydrogen (secondary N) is 1. The number of carbonyl (C=O) groups excluding carboxylic acids is 1. The molecule has 0 aromatic heterocycles. The molecule has 0 radical (unpaired) electrons. The van der Waals surface area contributed by atoms with Crippen molar-refractivity contribution in [1.82, 2.24) is 20.0 Å². The highest BCUT2D eigenvalue weighted by Gasteiger charge is 2.44. The molecule has 2 heterocycles. The fraction of sp³-hybridized carbons (Fsp3) is 0.519. The minimum Gasteiger partial charge on any atom is -0.341 e. The maximum atomic E-state index is 13.7. The van der Waals surface area contributed by atoms with Crippen molar-refractivity contribution in [3.63, 3.8) is 0 Å². The van der Waals surface area contributed by atoms with Crippen molar-refractivity contribution < 1.29 is 4.79 Å². The Morgan fingerprint density at radius 1 is 1.03 bits per heavy atom. The summed E-state index contributed by atoms with van der Waals surface area (Å²) in [6.45, 7) is 4.35. The summed E-state index contributed by atoms with van der Waals surface area (Å²) in [5.74, 6) is 0.213. The van der Waals surface area contributed by atoms with Gasteiger partial charge in [0.25, 0.3) is 0 Å². The Morgan fingerprint density at radius 3 is 2.31 bits per heavy atom. The van der Waals surface area contributed by atoms with Crippen LogP contribution in [0.15, 0.2) is 48.5 Å². The molecular formula is C27H40Cl4N4O. The van der Waals surface area contributed by atoms with Crippen LogP contribution in [0.4, 0.5) is 0 Å². The Hall–Kier alpha value is -1.05. The largest absolute Gasteiger partial charge is 0.341 e. The SMILES string of the molecule is CN(C)CCN[C@H](Cc1ccc(Cl)cc1)C(=O)N1CCC2(CC1)c1ccccc1CCN2C.Cl.Cl.Cl. The molecule has 1 saturated heterocycles. The van der Waals surface area contributed by atoms with Crippen LogP contribution < -0.4 is 5.32 Å². The molecule has 4 rings (SSSR count). The van der Waals surface area contributed by atoms with Gasteiger partial charge < -0.3 is 15.1 Å². The van der Waals surface area contributed by atoms with E-state index in [0.717, 1.165) is 62.6 Å². The third kappa shape index (κ3) is 7.50. The molecule has 36 heavy (non-hydrogen) atoms. The number of amides is 1. The van der Waals surface area contributed by atoms with Gasteiger partial charge in [-0.05, 0) is 75.6 Å². The number of benzene rings is 2. The smallest absolute Gasteiger partial charge is 0.240 e. The monoisotopic (exact) mass is 576 g/mol. The summed E-state index contributed by atoms with van der Waals surface area (Å²) in [7, 11) is 6.36. The standard InChI is InChI=1S/C27H37ClN4O.3ClH/c1-30(2)19-15-29-25(20-21-8-10-23(28)11-9-21)26(33)32-17-13-27(14-18-32)24-7-5-4-6-22(24)12-16-31(27)3;;;/h4-11,25,29H,12-20H2,1-3H3;3*1H/t25-;;;/m1.../s1. The first-order valence-electron chi connectivity index (χ1n) is 12.1. The summed E-state index contributed by atoms with van der Waals surface area (Å²) in [6.07, 6.45) is 3.75. The molecule has 1 fully saturated rings. The van der Waals surface area contributed by atoms with Gasteiger partial charge in [0.2, 0.25) is 5.91 Å². The predicted molar refractivity (Wildman–Crippen MR) is 158 cm³/mol. The maximum absolute atomic E-state index is 13.7. The summed E-state index contributed by atoms with van der Waals surface area (Å²) < 4.78 is 0. The Morgan fingerprint density at radius 2 is 1.67 bits per heavy atom. The zero-order chi connectivity index (χ0) is 23.4. The van der Waals surface area contributed by atoms with E-state index in [4.69, 9.17) is 11.6 Å². The van der Waals surface area contributed by atoms with E-state index in [1.807, 2.05) is 24.3 Å². The predicted octanol–water partition coefficient (Wildman–Crippen LogP) is 4.67. The summed E-state index contributed by atoms with van der Waals surface area (Å²) in [4.78, 5) is 20.4. The van der Waals surface area contributed by atoms with Crippen molar-refractivity contribution in [2.75, 3.05) is 53.9 Å². The van der Waals surface area contributed by atoms with Crippen molar-refractivity contribution in [2.24, 2.45) is 0 Å². The number of hydrogen-bond acceptors (Lipinski definition) is 4. The van der Waals surface area contributed by atoms with E-state index < -0.39 is 0 Å². The Kier molecular flexibility index (Phi) is 13.5. The molecule has 9 heteroatoms. The molecule has 2 aliphatic heterocycles. The molecule has 2 aromatic carbocycles. The van der Waals surface area contributed by atoms with Crippen molar-refractivity contribution in [2.45, 2.75) is 37.3 Å². The molecule has 0 bridgehead atoms. The number of likely N-dealkylation sites (N-methyl/N-ethyl adjacent to an activating group) is 2. The van der Waals surface area contributed by atoms with E-state index in [0.29, 0.717) is 6.42 Å². The summed E-state index contributed by atoms with van der Waals surface area (Å²) >= 11 is 6.07. The highest BCUT2D eigenvalue weighted by molar-refractivity contribution is 6.30. The van der Waals surface area contributed by atoms with Crippen LogP contribution in [0, 0.1) is 0 Å². The van der Waals surface area contributed by atoms with Gasteiger partial charge >= 0.3 is 0 Å². The second-order valence-corrected chi connectivity index (χ2v) is 10.3. The lowest BCUT2D eigenvalue weighted by atomic mass is 9.74. The highest BCUT2D eigenvalue weighted by atomic mass is 35.5. The van der Waals surface area contributed by atoms with Crippen LogP contribution >= 0.6 is 48.8 Å². The molecule has 202 valence electrons. The minimum atomic E-state index is -0.225. The number of rotatable bonds is 7. The number of piperidine rings is 1. The third-order valence-electron chi connectivity index (χ3n) is 7.47. The number of nitrogens with zero attached hydrogens (tertiary/aromatic N) is 3. The van der Waals surface area contributed by atoms with Crippen LogP contribution in [-0.4, -0.2) is 80.5 Å². The van der Waals surface area contributed by atoms with Gasteiger partial charge in [0, 0.05) is 43.3 Å². The van der Waals surface area contributed by atoms with Gasteiger partial charge in [0.15, 0.2) is 0 Å². The van der Waals surface area contributed by atoms with Gasteiger partial charge in [-0.3, -0.25) is 9.69 Å². The number of hydrogen-bond donors (Lipinski definition) is 1. The quantitative estimate of drug-likeness (QED) is 0.519. The summed E-state index contributed by atoms with van der Waals surface area (Å²) in [5, 5.41) is 4.25. The molecule has 5 nitrogen and oxygen atoms in total. The van der Waals surface area contributed by atoms with E-state index in [1.165, 1.54) is 11.1 Å². The van der Waals surface area contributed by atoms with Gasteiger partial charge in [-0.1, -0.05) is 48.0 Å². The van der Waals surface area contributed by atoms with Crippen molar-refractivity contribution >= 4 is 54.7 Å². The molecule has 1 atom stereocenters. The molecule has 2 aliphatic rings. The lowest BCUT2D eigenvalue weighted by Crippen LogP contribution is -2.58. The second kappa shape index (κ2) is 14.8. The molecule has 1 N–H and O–H groups in total. The number of carbonyl (C=O) groups is 1. The second-order valence-electron chi connectivity index (χ2n) is 9.83. The molecule has 0 aliphatic carbocycles. The van der Waals surface area contributed by atoms with Crippen molar-refractivity contribution in [3.8, 4) is 0 Å². The first kappa shape index (κ1) is 33.0.